The number of likely N-dealkylation sites (tertiary alicyclic amines) is 1. The number of ether oxygens (including phenoxy) is 2. The highest BCUT2D eigenvalue weighted by atomic mass is 32.2. The molecule has 19 heteroatoms. The first-order chi connectivity index (χ1) is 26.8. The van der Waals surface area contributed by atoms with E-state index in [0.717, 1.165) is 24.3 Å². The number of carbonyl (C=O) groups excluding carboxylic acids is 5. The van der Waals surface area contributed by atoms with Crippen LogP contribution in [0.25, 0.3) is 0 Å². The van der Waals surface area contributed by atoms with Gasteiger partial charge in [0.25, 0.3) is 10.0 Å². The lowest BCUT2D eigenvalue weighted by atomic mass is 9.89. The summed E-state index contributed by atoms with van der Waals surface area (Å²) in [5, 5.41) is 4.59. The Balaban J connectivity index is 2.27. The minimum Gasteiger partial charge on any atom is -0.379 e. The van der Waals surface area contributed by atoms with Crippen LogP contribution >= 0.6 is 0 Å². The van der Waals surface area contributed by atoms with Crippen LogP contribution in [0.3, 0.4) is 0 Å². The standard InChI is InChI=1S/C39H63F3N6O9S/c1-13-24(6)33(47(10)37(52)31(22(2)3)44-36(51)32(23(4)5)46(8)9)29(56-11)21-30(49)48-20-14-15-28(48)34(57-12)25(7)35(50)45-58(54,55)27-18-16-26(17-19-27)43-38(53)39(40,41)42/h16-19,22-25,28-29,31-34H,13-15,20-21H2,1-12H3,(H,43,53)(H,44,51)(H,45,50)/t24?,25-,28+,29-,31+,32?,33?,34-/m1/s1. The van der Waals surface area contributed by atoms with E-state index < -0.39 is 75.2 Å². The maximum atomic E-state index is 14.2. The van der Waals surface area contributed by atoms with Crippen molar-refractivity contribution in [3.05, 3.63) is 24.3 Å². The van der Waals surface area contributed by atoms with E-state index in [0.29, 0.717) is 25.8 Å². The molecule has 1 aromatic rings. The average Bonchev–Trinajstić information content (AvgIpc) is 3.62. The predicted molar refractivity (Wildman–Crippen MR) is 212 cm³/mol. The van der Waals surface area contributed by atoms with Gasteiger partial charge in [0, 0.05) is 33.5 Å². The molecule has 5 amide bonds. The molecule has 1 aliphatic rings. The maximum absolute atomic E-state index is 14.2. The van der Waals surface area contributed by atoms with Crippen molar-refractivity contribution in [3.8, 4) is 0 Å². The third-order valence-corrected chi connectivity index (χ3v) is 12.2. The molecule has 15 nitrogen and oxygen atoms in total. The number of hydrogen-bond donors (Lipinski definition) is 3. The lowest BCUT2D eigenvalue weighted by Gasteiger charge is -2.41. The van der Waals surface area contributed by atoms with Crippen molar-refractivity contribution in [1.29, 1.82) is 0 Å². The maximum Gasteiger partial charge on any atom is 0.471 e. The minimum absolute atomic E-state index is 0.00894. The topological polar surface area (TPSA) is 184 Å². The summed E-state index contributed by atoms with van der Waals surface area (Å²) >= 11 is 0. The van der Waals surface area contributed by atoms with Gasteiger partial charge in [-0.15, -0.1) is 0 Å². The smallest absolute Gasteiger partial charge is 0.379 e. The second-order valence-electron chi connectivity index (χ2n) is 15.9. The first-order valence-electron chi connectivity index (χ1n) is 19.5. The molecule has 1 aromatic carbocycles. The minimum atomic E-state index is -5.15. The Hall–Kier alpha value is -3.81. The summed E-state index contributed by atoms with van der Waals surface area (Å²) in [6.07, 6.45) is -5.30. The molecule has 1 fully saturated rings. The summed E-state index contributed by atoms with van der Waals surface area (Å²) in [6, 6.07) is 1.29. The summed E-state index contributed by atoms with van der Waals surface area (Å²) < 4.78 is 77.7. The summed E-state index contributed by atoms with van der Waals surface area (Å²) in [4.78, 5) is 70.9. The number of sulfonamides is 1. The zero-order chi connectivity index (χ0) is 44.4. The number of anilines is 1. The Morgan fingerprint density at radius 2 is 1.50 bits per heavy atom. The van der Waals surface area contributed by atoms with Crippen LogP contribution < -0.4 is 15.4 Å². The zero-order valence-corrected chi connectivity index (χ0v) is 36.5. The second-order valence-corrected chi connectivity index (χ2v) is 17.6. The SMILES string of the molecule is CCC(C)C([C@@H](CC(=O)N1CCC[C@H]1[C@H](OC)[C@@H](C)C(=O)NS(=O)(=O)c1ccc(NC(=O)C(F)(F)F)cc1)OC)N(C)C(=O)[C@@H](NC(=O)C(C(C)C)N(C)C)C(C)C. The fourth-order valence-electron chi connectivity index (χ4n) is 7.61. The molecule has 1 saturated heterocycles. The molecule has 0 spiro atoms. The normalized spacial score (nSPS) is 18.6. The van der Waals surface area contributed by atoms with E-state index in [4.69, 9.17) is 9.47 Å². The largest absolute Gasteiger partial charge is 0.471 e. The number of amides is 5. The lowest BCUT2D eigenvalue weighted by Crippen LogP contribution is -2.59. The average molecular weight is 849 g/mol. The zero-order valence-electron chi connectivity index (χ0n) is 35.7. The number of likely N-dealkylation sites (N-methyl/N-ethyl adjacent to an activating group) is 2. The van der Waals surface area contributed by atoms with E-state index in [9.17, 15) is 45.6 Å². The molecule has 0 bridgehead atoms. The molecule has 330 valence electrons. The quantitative estimate of drug-likeness (QED) is 0.175. The molecular formula is C39H63F3N6O9S. The molecule has 0 radical (unpaired) electrons. The molecule has 8 atom stereocenters. The Morgan fingerprint density at radius 1 is 0.914 bits per heavy atom. The summed E-state index contributed by atoms with van der Waals surface area (Å²) in [6.45, 7) is 13.3. The Morgan fingerprint density at radius 3 is 1.97 bits per heavy atom. The monoisotopic (exact) mass is 848 g/mol. The lowest BCUT2D eigenvalue weighted by molar-refractivity contribution is -0.167. The number of methoxy groups -OCH3 is 2. The number of halogens is 3. The molecule has 0 aromatic heterocycles. The Labute approximate surface area is 341 Å². The molecule has 1 aliphatic heterocycles. The van der Waals surface area contributed by atoms with E-state index in [1.54, 1.807) is 22.2 Å². The highest BCUT2D eigenvalue weighted by molar-refractivity contribution is 7.90. The van der Waals surface area contributed by atoms with Gasteiger partial charge in [-0.25, -0.2) is 13.1 Å². The molecule has 0 aliphatic carbocycles. The van der Waals surface area contributed by atoms with Gasteiger partial charge in [-0.1, -0.05) is 54.9 Å². The van der Waals surface area contributed by atoms with Gasteiger partial charge in [0.2, 0.25) is 23.6 Å². The van der Waals surface area contributed by atoms with Gasteiger partial charge >= 0.3 is 12.1 Å². The number of alkyl halides is 3. The van der Waals surface area contributed by atoms with Gasteiger partial charge in [0.15, 0.2) is 0 Å². The molecule has 3 N–H and O–H groups in total. The number of rotatable bonds is 20. The fraction of sp³-hybridized carbons (Fsp3) is 0.718. The number of nitrogens with zero attached hydrogens (tertiary/aromatic N) is 3. The van der Waals surface area contributed by atoms with Crippen molar-refractivity contribution in [2.45, 2.75) is 122 Å². The fourth-order valence-corrected chi connectivity index (χ4v) is 8.68. The van der Waals surface area contributed by atoms with E-state index in [1.807, 2.05) is 65.3 Å². The van der Waals surface area contributed by atoms with E-state index >= 15 is 0 Å². The van der Waals surface area contributed by atoms with Gasteiger partial charge in [-0.3, -0.25) is 28.9 Å². The van der Waals surface area contributed by atoms with Crippen LogP contribution in [0.15, 0.2) is 29.2 Å². The van der Waals surface area contributed by atoms with Crippen LogP contribution in [0.4, 0.5) is 18.9 Å². The molecule has 58 heavy (non-hydrogen) atoms. The second kappa shape index (κ2) is 21.4. The highest BCUT2D eigenvalue weighted by Crippen LogP contribution is 2.30. The van der Waals surface area contributed by atoms with Crippen molar-refractivity contribution in [2.24, 2.45) is 23.7 Å². The third kappa shape index (κ3) is 12.8. The van der Waals surface area contributed by atoms with Crippen LogP contribution in [0, 0.1) is 23.7 Å². The summed E-state index contributed by atoms with van der Waals surface area (Å²) in [7, 11) is 3.58. The predicted octanol–water partition coefficient (Wildman–Crippen LogP) is 3.64. The molecule has 3 unspecified atom stereocenters. The Kier molecular flexibility index (Phi) is 18.6. The number of hydrogen-bond acceptors (Lipinski definition) is 10. The number of benzene rings is 1. The van der Waals surface area contributed by atoms with E-state index in [-0.39, 0.29) is 47.6 Å². The van der Waals surface area contributed by atoms with Crippen LogP contribution in [-0.4, -0.2) is 137 Å². The van der Waals surface area contributed by atoms with Gasteiger partial charge in [-0.2, -0.15) is 13.2 Å². The first-order valence-corrected chi connectivity index (χ1v) is 21.0. The van der Waals surface area contributed by atoms with Crippen molar-refractivity contribution in [3.63, 3.8) is 0 Å². The Bertz CT molecular complexity index is 1670. The van der Waals surface area contributed by atoms with Crippen LogP contribution in [-0.2, 0) is 43.5 Å². The van der Waals surface area contributed by atoms with Gasteiger partial charge in [0.1, 0.15) is 6.04 Å². The number of nitrogens with one attached hydrogen (secondary N) is 3. The third-order valence-electron chi connectivity index (χ3n) is 10.9. The summed E-state index contributed by atoms with van der Waals surface area (Å²) in [5.41, 5.74) is -0.306. The van der Waals surface area contributed by atoms with E-state index in [1.165, 1.54) is 21.1 Å². The van der Waals surface area contributed by atoms with Crippen LogP contribution in [0.1, 0.15) is 74.1 Å². The van der Waals surface area contributed by atoms with Gasteiger partial charge in [0.05, 0.1) is 47.6 Å². The molecule has 0 saturated carbocycles. The molecule has 2 rings (SSSR count). The summed E-state index contributed by atoms with van der Waals surface area (Å²) in [5.74, 6) is -5.55. The number of carbonyl (C=O) groups is 5. The molecule has 1 heterocycles. The van der Waals surface area contributed by atoms with Crippen molar-refractivity contribution in [1.82, 2.24) is 24.7 Å². The first kappa shape index (κ1) is 50.3. The highest BCUT2D eigenvalue weighted by Gasteiger charge is 2.44. The molecular weight excluding hydrogens is 786 g/mol. The van der Waals surface area contributed by atoms with Crippen molar-refractivity contribution < 1.29 is 55.0 Å². The van der Waals surface area contributed by atoms with Crippen molar-refractivity contribution >= 4 is 45.2 Å². The van der Waals surface area contributed by atoms with Gasteiger partial charge < -0.3 is 29.9 Å². The van der Waals surface area contributed by atoms with E-state index in [2.05, 4.69) is 5.32 Å². The van der Waals surface area contributed by atoms with Gasteiger partial charge in [-0.05, 0) is 69.0 Å². The van der Waals surface area contributed by atoms with Crippen LogP contribution in [0.5, 0.6) is 0 Å². The van der Waals surface area contributed by atoms with Crippen molar-refractivity contribution in [2.75, 3.05) is 47.2 Å². The van der Waals surface area contributed by atoms with Crippen LogP contribution in [0.2, 0.25) is 0 Å².